The van der Waals surface area contributed by atoms with Gasteiger partial charge in [0.25, 0.3) is 6.43 Å². The number of fused-ring (bicyclic) bond motifs is 1. The molecule has 1 aromatic carbocycles. The van der Waals surface area contributed by atoms with E-state index in [1.807, 2.05) is 25.3 Å². The topological polar surface area (TPSA) is 40.3 Å². The number of aromatic nitrogens is 1. The van der Waals surface area contributed by atoms with Crippen LogP contribution in [0.25, 0.3) is 10.9 Å². The Morgan fingerprint density at radius 3 is 2.30 bits per heavy atom. The van der Waals surface area contributed by atoms with Crippen molar-refractivity contribution in [1.29, 1.82) is 0 Å². The Bertz CT molecular complexity index is 866. The van der Waals surface area contributed by atoms with Crippen molar-refractivity contribution < 1.29 is 17.7 Å². The van der Waals surface area contributed by atoms with E-state index in [1.165, 1.54) is 6.07 Å². The Morgan fingerprint density at radius 2 is 1.81 bits per heavy atom. The largest absolute Gasteiger partial charge is 0.591 e. The van der Waals surface area contributed by atoms with Gasteiger partial charge in [0.1, 0.15) is 21.9 Å². The van der Waals surface area contributed by atoms with Crippen molar-refractivity contribution in [2.24, 2.45) is 9.81 Å². The minimum atomic E-state index is -2.93. The monoisotopic (exact) mass is 464 g/mol. The lowest BCUT2D eigenvalue weighted by atomic mass is 9.97. The molecule has 2 aromatic rings. The lowest BCUT2D eigenvalue weighted by Gasteiger charge is -2.20. The molecule has 150 valence electrons. The summed E-state index contributed by atoms with van der Waals surface area (Å²) >= 11 is 1.30. The smallest absolute Gasteiger partial charge is 0.285 e. The van der Waals surface area contributed by atoms with Crippen molar-refractivity contribution in [3.05, 3.63) is 34.2 Å². The van der Waals surface area contributed by atoms with E-state index in [1.54, 1.807) is 33.0 Å². The number of halogens is 4. The summed E-state index contributed by atoms with van der Waals surface area (Å²) in [6, 6.07) is 2.79. The molecule has 0 unspecified atom stereocenters. The number of rotatable bonds is 4. The minimum Gasteiger partial charge on any atom is -0.591 e. The number of alkyl halides is 2. The average molecular weight is 465 g/mol. The van der Waals surface area contributed by atoms with Gasteiger partial charge in [-0.15, -0.1) is 0 Å². The van der Waals surface area contributed by atoms with Gasteiger partial charge in [0.2, 0.25) is 0 Å². The standard InChI is InChI=1S/C19H24BrF3N2OS/c1-18(2,3)10-25-9-12(11-7-14(21)13(20)8-15(11)25)16(17(22)23)24-27(26)19(4,5)6/h7-9,17H,10H2,1-6H3/b24-16+/t27-/m0/s1. The van der Waals surface area contributed by atoms with E-state index in [-0.39, 0.29) is 15.5 Å². The molecule has 0 saturated carbocycles. The first-order valence-electron chi connectivity index (χ1n) is 8.48. The van der Waals surface area contributed by atoms with Crippen LogP contribution in [0.4, 0.5) is 13.2 Å². The molecule has 0 amide bonds. The summed E-state index contributed by atoms with van der Waals surface area (Å²) in [7, 11) is 0. The van der Waals surface area contributed by atoms with Gasteiger partial charge in [-0.05, 0) is 54.2 Å². The molecule has 1 atom stereocenters. The molecular weight excluding hydrogens is 441 g/mol. The van der Waals surface area contributed by atoms with E-state index in [9.17, 15) is 17.7 Å². The fraction of sp³-hybridized carbons (Fsp3) is 0.526. The summed E-state index contributed by atoms with van der Waals surface area (Å²) in [6.07, 6.45) is -1.39. The number of nitrogens with zero attached hydrogens (tertiary/aromatic N) is 2. The zero-order valence-electron chi connectivity index (χ0n) is 16.2. The second-order valence-corrected chi connectivity index (χ2v) is 11.4. The molecule has 27 heavy (non-hydrogen) atoms. The molecule has 1 aromatic heterocycles. The van der Waals surface area contributed by atoms with E-state index < -0.39 is 34.1 Å². The Kier molecular flexibility index (Phi) is 6.44. The lowest BCUT2D eigenvalue weighted by molar-refractivity contribution is 0.226. The third-order valence-electron chi connectivity index (χ3n) is 3.76. The van der Waals surface area contributed by atoms with Gasteiger partial charge >= 0.3 is 0 Å². The minimum absolute atomic E-state index is 0.105. The highest BCUT2D eigenvalue weighted by Crippen LogP contribution is 2.32. The normalized spacial score (nSPS) is 15.0. The SMILES string of the molecule is CC(C)(C)Cn1cc(/C(=N\[S@@+]([O-])C(C)(C)C)C(F)F)c2cc(F)c(Br)cc21. The highest BCUT2D eigenvalue weighted by atomic mass is 79.9. The molecular formula is C19H24BrF3N2OS. The van der Waals surface area contributed by atoms with Crippen LogP contribution in [-0.4, -0.2) is 26.0 Å². The summed E-state index contributed by atoms with van der Waals surface area (Å²) in [6.45, 7) is 11.6. The third-order valence-corrected chi connectivity index (χ3v) is 5.77. The zero-order chi connectivity index (χ0) is 20.7. The van der Waals surface area contributed by atoms with Crippen molar-refractivity contribution in [2.75, 3.05) is 0 Å². The summed E-state index contributed by atoms with van der Waals surface area (Å²) in [5, 5.41) is 0.324. The van der Waals surface area contributed by atoms with Crippen LogP contribution in [-0.2, 0) is 17.9 Å². The van der Waals surface area contributed by atoms with Gasteiger partial charge in [-0.2, -0.15) is 0 Å². The summed E-state index contributed by atoms with van der Waals surface area (Å²) in [5.41, 5.74) is 0.0134. The van der Waals surface area contributed by atoms with E-state index in [0.29, 0.717) is 17.4 Å². The lowest BCUT2D eigenvalue weighted by Crippen LogP contribution is -2.28. The number of hydrogen-bond donors (Lipinski definition) is 0. The number of hydrogen-bond acceptors (Lipinski definition) is 2. The third kappa shape index (κ3) is 5.29. The Balaban J connectivity index is 2.75. The van der Waals surface area contributed by atoms with Crippen LogP contribution in [0.5, 0.6) is 0 Å². The van der Waals surface area contributed by atoms with Gasteiger partial charge in [-0.1, -0.05) is 25.2 Å². The molecule has 0 aliphatic rings. The van der Waals surface area contributed by atoms with E-state index in [2.05, 4.69) is 20.3 Å². The zero-order valence-corrected chi connectivity index (χ0v) is 18.6. The van der Waals surface area contributed by atoms with Crippen LogP contribution in [0.3, 0.4) is 0 Å². The van der Waals surface area contributed by atoms with Gasteiger partial charge in [-0.3, -0.25) is 0 Å². The predicted octanol–water partition coefficient (Wildman–Crippen LogP) is 6.11. The van der Waals surface area contributed by atoms with Crippen molar-refractivity contribution in [3.8, 4) is 0 Å². The maximum absolute atomic E-state index is 14.1. The fourth-order valence-corrected chi connectivity index (χ4v) is 3.53. The first-order valence-corrected chi connectivity index (χ1v) is 10.4. The van der Waals surface area contributed by atoms with Crippen molar-refractivity contribution in [3.63, 3.8) is 0 Å². The van der Waals surface area contributed by atoms with Gasteiger partial charge in [-0.25, -0.2) is 13.2 Å². The van der Waals surface area contributed by atoms with E-state index >= 15 is 0 Å². The van der Waals surface area contributed by atoms with Gasteiger partial charge in [0.05, 0.1) is 9.99 Å². The summed E-state index contributed by atoms with van der Waals surface area (Å²) < 4.78 is 59.2. The van der Waals surface area contributed by atoms with Crippen LogP contribution in [0.1, 0.15) is 47.1 Å². The van der Waals surface area contributed by atoms with Crippen molar-refractivity contribution in [1.82, 2.24) is 4.57 Å². The fourth-order valence-electron chi connectivity index (χ4n) is 2.56. The summed E-state index contributed by atoms with van der Waals surface area (Å²) in [4.78, 5) is 0. The van der Waals surface area contributed by atoms with Crippen LogP contribution >= 0.6 is 15.9 Å². The van der Waals surface area contributed by atoms with Gasteiger partial charge in [0, 0.05) is 23.7 Å². The molecule has 0 bridgehead atoms. The molecule has 0 N–H and O–H groups in total. The highest BCUT2D eigenvalue weighted by molar-refractivity contribution is 9.10. The average Bonchev–Trinajstić information content (AvgIpc) is 2.79. The first-order chi connectivity index (χ1) is 12.2. The summed E-state index contributed by atoms with van der Waals surface area (Å²) in [5.74, 6) is -0.553. The van der Waals surface area contributed by atoms with Crippen LogP contribution in [0.15, 0.2) is 27.2 Å². The quantitative estimate of drug-likeness (QED) is 0.397. The van der Waals surface area contributed by atoms with Crippen LogP contribution in [0, 0.1) is 11.2 Å². The van der Waals surface area contributed by atoms with Crippen LogP contribution < -0.4 is 0 Å². The molecule has 0 saturated heterocycles. The van der Waals surface area contributed by atoms with Crippen molar-refractivity contribution in [2.45, 2.75) is 59.3 Å². The highest BCUT2D eigenvalue weighted by Gasteiger charge is 2.31. The van der Waals surface area contributed by atoms with E-state index in [0.717, 1.165) is 0 Å². The predicted molar refractivity (Wildman–Crippen MR) is 109 cm³/mol. The molecule has 2 rings (SSSR count). The van der Waals surface area contributed by atoms with Gasteiger partial charge < -0.3 is 9.12 Å². The molecule has 0 radical (unpaired) electrons. The second-order valence-electron chi connectivity index (χ2n) is 8.65. The Morgan fingerprint density at radius 1 is 1.22 bits per heavy atom. The molecule has 3 nitrogen and oxygen atoms in total. The Labute approximate surface area is 169 Å². The van der Waals surface area contributed by atoms with Gasteiger partial charge in [0.15, 0.2) is 5.71 Å². The molecule has 1 heterocycles. The molecule has 0 spiro atoms. The maximum Gasteiger partial charge on any atom is 0.285 e. The number of benzene rings is 1. The molecule has 0 aliphatic carbocycles. The molecule has 0 aliphatic heterocycles. The second kappa shape index (κ2) is 7.79. The molecule has 0 fully saturated rings. The molecule has 8 heteroatoms. The maximum atomic E-state index is 14.1. The Hall–Kier alpha value is -0.990. The van der Waals surface area contributed by atoms with Crippen molar-refractivity contribution >= 4 is 43.9 Å². The van der Waals surface area contributed by atoms with Crippen LogP contribution in [0.2, 0.25) is 0 Å². The van der Waals surface area contributed by atoms with E-state index in [4.69, 9.17) is 0 Å². The first kappa shape index (κ1) is 22.3.